The maximum atomic E-state index is 12.5. The minimum Gasteiger partial charge on any atom is -0.494 e. The third-order valence-electron chi connectivity index (χ3n) is 4.11. The van der Waals surface area contributed by atoms with E-state index in [9.17, 15) is 14.7 Å². The van der Waals surface area contributed by atoms with Crippen LogP contribution < -0.4 is 4.74 Å². The highest BCUT2D eigenvalue weighted by Gasteiger charge is 2.41. The Morgan fingerprint density at radius 2 is 2.04 bits per heavy atom. The van der Waals surface area contributed by atoms with Crippen molar-refractivity contribution >= 4 is 12.1 Å². The third kappa shape index (κ3) is 4.87. The molecule has 1 fully saturated rings. The van der Waals surface area contributed by atoms with Crippen LogP contribution in [-0.4, -0.2) is 46.9 Å². The molecule has 2 atom stereocenters. The van der Waals surface area contributed by atoms with Crippen molar-refractivity contribution < 1.29 is 24.2 Å². The van der Waals surface area contributed by atoms with E-state index in [-0.39, 0.29) is 5.92 Å². The van der Waals surface area contributed by atoms with Gasteiger partial charge in [-0.15, -0.1) is 0 Å². The van der Waals surface area contributed by atoms with Crippen molar-refractivity contribution in [3.63, 3.8) is 0 Å². The lowest BCUT2D eigenvalue weighted by Gasteiger charge is -2.39. The highest BCUT2D eigenvalue weighted by molar-refractivity contribution is 5.81. The number of rotatable bonds is 4. The van der Waals surface area contributed by atoms with Crippen LogP contribution in [0, 0.1) is 0 Å². The second kappa shape index (κ2) is 7.76. The summed E-state index contributed by atoms with van der Waals surface area (Å²) in [7, 11) is 0. The van der Waals surface area contributed by atoms with Gasteiger partial charge >= 0.3 is 12.1 Å². The topological polar surface area (TPSA) is 76.1 Å². The second-order valence-electron chi connectivity index (χ2n) is 7.21. The van der Waals surface area contributed by atoms with Crippen molar-refractivity contribution in [2.24, 2.45) is 0 Å². The van der Waals surface area contributed by atoms with E-state index in [1.807, 2.05) is 31.2 Å². The van der Waals surface area contributed by atoms with Gasteiger partial charge < -0.3 is 14.6 Å². The molecule has 6 nitrogen and oxygen atoms in total. The smallest absolute Gasteiger partial charge is 0.411 e. The maximum absolute atomic E-state index is 12.5. The fraction of sp³-hybridized carbons (Fsp3) is 0.579. The van der Waals surface area contributed by atoms with Crippen molar-refractivity contribution in [3.05, 3.63) is 29.8 Å². The van der Waals surface area contributed by atoms with Crippen LogP contribution in [0.2, 0.25) is 0 Å². The lowest BCUT2D eigenvalue weighted by atomic mass is 9.83. The van der Waals surface area contributed by atoms with Gasteiger partial charge in [-0.3, -0.25) is 4.90 Å². The average Bonchev–Trinajstić information content (AvgIpc) is 2.53. The van der Waals surface area contributed by atoms with Crippen LogP contribution in [0.4, 0.5) is 4.79 Å². The molecule has 138 valence electrons. The zero-order chi connectivity index (χ0) is 18.6. The van der Waals surface area contributed by atoms with Crippen molar-refractivity contribution in [1.29, 1.82) is 0 Å². The predicted octanol–water partition coefficient (Wildman–Crippen LogP) is 3.65. The molecule has 1 aromatic rings. The molecular weight excluding hydrogens is 322 g/mol. The molecule has 1 N–H and O–H groups in total. The van der Waals surface area contributed by atoms with Crippen LogP contribution in [-0.2, 0) is 9.53 Å². The molecule has 2 unspecified atom stereocenters. The standard InChI is InChI=1S/C19H27NO5/c1-5-24-14-9-6-8-13(12-14)15-10-7-11-20(16(15)17(21)22)18(23)25-19(2,3)4/h6,8-9,12,15-16H,5,7,10-11H2,1-4H3,(H,21,22). The van der Waals surface area contributed by atoms with Crippen LogP contribution >= 0.6 is 0 Å². The molecular formula is C19H27NO5. The summed E-state index contributed by atoms with van der Waals surface area (Å²) in [5.74, 6) is -0.602. The number of hydrogen-bond acceptors (Lipinski definition) is 4. The van der Waals surface area contributed by atoms with Crippen LogP contribution in [0.25, 0.3) is 0 Å². The number of carboxylic acid groups (broad SMARTS) is 1. The lowest BCUT2D eigenvalue weighted by Crippen LogP contribution is -2.53. The Bertz CT molecular complexity index is 622. The van der Waals surface area contributed by atoms with E-state index in [0.717, 1.165) is 12.0 Å². The monoisotopic (exact) mass is 349 g/mol. The molecule has 0 spiro atoms. The second-order valence-corrected chi connectivity index (χ2v) is 7.21. The molecule has 1 aliphatic rings. The van der Waals surface area contributed by atoms with Gasteiger partial charge in [0.25, 0.3) is 0 Å². The summed E-state index contributed by atoms with van der Waals surface area (Å²) in [6, 6.07) is 6.51. The summed E-state index contributed by atoms with van der Waals surface area (Å²) < 4.78 is 10.9. The number of hydrogen-bond donors (Lipinski definition) is 1. The van der Waals surface area contributed by atoms with Gasteiger partial charge in [0.05, 0.1) is 6.61 Å². The molecule has 25 heavy (non-hydrogen) atoms. The first-order valence-electron chi connectivity index (χ1n) is 8.68. The zero-order valence-electron chi connectivity index (χ0n) is 15.3. The number of carboxylic acids is 1. The largest absolute Gasteiger partial charge is 0.494 e. The zero-order valence-corrected chi connectivity index (χ0v) is 15.3. The molecule has 2 rings (SSSR count). The van der Waals surface area contributed by atoms with Crippen molar-refractivity contribution in [2.45, 2.75) is 58.1 Å². The minimum absolute atomic E-state index is 0.292. The molecule has 1 aliphatic heterocycles. The first-order valence-corrected chi connectivity index (χ1v) is 8.68. The molecule has 6 heteroatoms. The van der Waals surface area contributed by atoms with Gasteiger partial charge in [-0.1, -0.05) is 12.1 Å². The number of benzene rings is 1. The van der Waals surface area contributed by atoms with Gasteiger partial charge in [0.2, 0.25) is 0 Å². The molecule has 1 aromatic carbocycles. The van der Waals surface area contributed by atoms with E-state index in [1.165, 1.54) is 4.90 Å². The van der Waals surface area contributed by atoms with E-state index in [0.29, 0.717) is 25.3 Å². The first-order chi connectivity index (χ1) is 11.7. The SMILES string of the molecule is CCOc1cccc(C2CCCN(C(=O)OC(C)(C)C)C2C(=O)O)c1. The molecule has 1 heterocycles. The first kappa shape index (κ1) is 19.1. The van der Waals surface area contributed by atoms with Gasteiger partial charge in [-0.25, -0.2) is 9.59 Å². The fourth-order valence-electron chi connectivity index (χ4n) is 3.18. The Kier molecular flexibility index (Phi) is 5.93. The Hall–Kier alpha value is -2.24. The predicted molar refractivity (Wildman–Crippen MR) is 93.9 cm³/mol. The van der Waals surface area contributed by atoms with E-state index in [4.69, 9.17) is 9.47 Å². The molecule has 0 radical (unpaired) electrons. The quantitative estimate of drug-likeness (QED) is 0.898. The Labute approximate surface area is 148 Å². The molecule has 1 saturated heterocycles. The summed E-state index contributed by atoms with van der Waals surface area (Å²) in [5, 5.41) is 9.78. The number of carbonyl (C=O) groups excluding carboxylic acids is 1. The highest BCUT2D eigenvalue weighted by atomic mass is 16.6. The molecule has 1 amide bonds. The summed E-state index contributed by atoms with van der Waals surface area (Å²) >= 11 is 0. The van der Waals surface area contributed by atoms with E-state index in [1.54, 1.807) is 20.8 Å². The normalized spacial score (nSPS) is 20.9. The van der Waals surface area contributed by atoms with Gasteiger partial charge in [-0.05, 0) is 58.2 Å². The molecule has 0 bridgehead atoms. The Balaban J connectivity index is 2.30. The number of amides is 1. The lowest BCUT2D eigenvalue weighted by molar-refractivity contribution is -0.145. The molecule has 0 saturated carbocycles. The Morgan fingerprint density at radius 3 is 2.64 bits per heavy atom. The highest BCUT2D eigenvalue weighted by Crippen LogP contribution is 2.35. The maximum Gasteiger partial charge on any atom is 0.411 e. The Morgan fingerprint density at radius 1 is 1.32 bits per heavy atom. The van der Waals surface area contributed by atoms with Gasteiger partial charge in [-0.2, -0.15) is 0 Å². The number of carbonyl (C=O) groups is 2. The number of ether oxygens (including phenoxy) is 2. The van der Waals surface area contributed by atoms with Gasteiger partial charge in [0.1, 0.15) is 17.4 Å². The molecule has 0 aromatic heterocycles. The van der Waals surface area contributed by atoms with Crippen LogP contribution in [0.5, 0.6) is 5.75 Å². The summed E-state index contributed by atoms with van der Waals surface area (Å²) in [6.07, 6.45) is 0.851. The van der Waals surface area contributed by atoms with E-state index < -0.39 is 23.7 Å². The molecule has 0 aliphatic carbocycles. The summed E-state index contributed by atoms with van der Waals surface area (Å²) in [4.78, 5) is 25.8. The van der Waals surface area contributed by atoms with Gasteiger partial charge in [0, 0.05) is 12.5 Å². The van der Waals surface area contributed by atoms with Crippen molar-refractivity contribution in [3.8, 4) is 5.75 Å². The van der Waals surface area contributed by atoms with Crippen LogP contribution in [0.1, 0.15) is 52.0 Å². The minimum atomic E-state index is -1.02. The number of piperidine rings is 1. The number of nitrogens with zero attached hydrogens (tertiary/aromatic N) is 1. The fourth-order valence-corrected chi connectivity index (χ4v) is 3.18. The third-order valence-corrected chi connectivity index (χ3v) is 4.11. The summed E-state index contributed by atoms with van der Waals surface area (Å²) in [5.41, 5.74) is 0.203. The van der Waals surface area contributed by atoms with Crippen molar-refractivity contribution in [2.75, 3.05) is 13.2 Å². The number of aliphatic carboxylic acids is 1. The van der Waals surface area contributed by atoms with E-state index in [2.05, 4.69) is 0 Å². The summed E-state index contributed by atoms with van der Waals surface area (Å²) in [6.45, 7) is 8.14. The van der Waals surface area contributed by atoms with Gasteiger partial charge in [0.15, 0.2) is 0 Å². The average molecular weight is 349 g/mol. The van der Waals surface area contributed by atoms with Crippen LogP contribution in [0.15, 0.2) is 24.3 Å². The van der Waals surface area contributed by atoms with Crippen molar-refractivity contribution in [1.82, 2.24) is 4.90 Å². The number of likely N-dealkylation sites (tertiary alicyclic amines) is 1. The van der Waals surface area contributed by atoms with E-state index >= 15 is 0 Å². The van der Waals surface area contributed by atoms with Crippen LogP contribution in [0.3, 0.4) is 0 Å².